The second kappa shape index (κ2) is 8.42. The number of nitrogens with zero attached hydrogens (tertiary/aromatic N) is 2. The fourth-order valence-electron chi connectivity index (χ4n) is 5.32. The van der Waals surface area contributed by atoms with Gasteiger partial charge in [-0.25, -0.2) is 9.69 Å². The average molecular weight is 460 g/mol. The molecule has 1 saturated heterocycles. The van der Waals surface area contributed by atoms with Gasteiger partial charge >= 0.3 is 6.03 Å². The highest BCUT2D eigenvalue weighted by molar-refractivity contribution is 6.39. The van der Waals surface area contributed by atoms with Gasteiger partial charge in [-0.2, -0.15) is 0 Å². The Morgan fingerprint density at radius 2 is 1.74 bits per heavy atom. The molecule has 4 amide bonds. The van der Waals surface area contributed by atoms with Crippen molar-refractivity contribution in [1.82, 2.24) is 5.32 Å². The molecule has 1 unspecified atom stereocenters. The molecule has 1 N–H and O–H groups in total. The molecule has 6 heteroatoms. The molecule has 2 heterocycles. The molecule has 178 valence electrons. The van der Waals surface area contributed by atoms with Gasteiger partial charge < -0.3 is 4.90 Å². The Morgan fingerprint density at radius 1 is 1.03 bits per heavy atom. The van der Waals surface area contributed by atoms with Crippen molar-refractivity contribution in [3.05, 3.63) is 63.7 Å². The molecule has 0 bridgehead atoms. The monoisotopic (exact) mass is 459 g/mol. The standard InChI is InChI=1S/C28H33N3O3/c1-8-30-24-12-18(4)20(13-22(24)19(5)15-28(30,6)7)14-23-25(32)29-27(34)31(26(23)33)21-10-9-16(2)17(3)11-21/h9-14,19H,8,15H2,1-7H3,(H,29,32,34)/b23-14+. The minimum atomic E-state index is -0.730. The minimum absolute atomic E-state index is 0.0444. The molecule has 1 atom stereocenters. The van der Waals surface area contributed by atoms with Gasteiger partial charge in [-0.15, -0.1) is 0 Å². The molecule has 2 aliphatic heterocycles. The van der Waals surface area contributed by atoms with Crippen LogP contribution in [0, 0.1) is 20.8 Å². The van der Waals surface area contributed by atoms with Crippen LogP contribution >= 0.6 is 0 Å². The van der Waals surface area contributed by atoms with Crippen LogP contribution in [0.1, 0.15) is 67.9 Å². The molecule has 6 nitrogen and oxygen atoms in total. The second-order valence-electron chi connectivity index (χ2n) is 10.2. The van der Waals surface area contributed by atoms with Crippen molar-refractivity contribution in [3.8, 4) is 0 Å². The molecule has 2 aromatic rings. The quantitative estimate of drug-likeness (QED) is 0.494. The number of nitrogens with one attached hydrogen (secondary N) is 1. The van der Waals surface area contributed by atoms with Crippen LogP contribution in [0.15, 0.2) is 35.9 Å². The summed E-state index contributed by atoms with van der Waals surface area (Å²) in [5, 5.41) is 2.33. The Balaban J connectivity index is 1.78. The molecule has 1 fully saturated rings. The van der Waals surface area contributed by atoms with Gasteiger partial charge in [0.2, 0.25) is 0 Å². The molecule has 4 rings (SSSR count). The number of benzene rings is 2. The van der Waals surface area contributed by atoms with Crippen LogP contribution < -0.4 is 15.1 Å². The lowest BCUT2D eigenvalue weighted by molar-refractivity contribution is -0.122. The zero-order valence-corrected chi connectivity index (χ0v) is 21.1. The number of fused-ring (bicyclic) bond motifs is 1. The first-order valence-corrected chi connectivity index (χ1v) is 11.9. The number of hydrogen-bond donors (Lipinski definition) is 1. The van der Waals surface area contributed by atoms with Crippen molar-refractivity contribution < 1.29 is 14.4 Å². The van der Waals surface area contributed by atoms with E-state index in [0.29, 0.717) is 11.6 Å². The van der Waals surface area contributed by atoms with Crippen molar-refractivity contribution in [2.45, 2.75) is 66.3 Å². The Bertz CT molecular complexity index is 1240. The summed E-state index contributed by atoms with van der Waals surface area (Å²) in [6, 6.07) is 8.89. The lowest BCUT2D eigenvalue weighted by Gasteiger charge is -2.47. The number of carbonyl (C=O) groups excluding carboxylic acids is 3. The predicted octanol–water partition coefficient (Wildman–Crippen LogP) is 5.39. The van der Waals surface area contributed by atoms with E-state index >= 15 is 0 Å². The fraction of sp³-hybridized carbons (Fsp3) is 0.393. The summed E-state index contributed by atoms with van der Waals surface area (Å²) in [5.41, 5.74) is 6.69. The van der Waals surface area contributed by atoms with E-state index in [1.54, 1.807) is 18.2 Å². The van der Waals surface area contributed by atoms with E-state index in [1.165, 1.54) is 11.3 Å². The number of imide groups is 2. The molecule has 0 saturated carbocycles. The maximum atomic E-state index is 13.4. The first-order chi connectivity index (χ1) is 15.9. The normalized spacial score (nSPS) is 21.1. The van der Waals surface area contributed by atoms with Gasteiger partial charge in [-0.1, -0.05) is 13.0 Å². The van der Waals surface area contributed by atoms with Crippen molar-refractivity contribution in [3.63, 3.8) is 0 Å². The highest BCUT2D eigenvalue weighted by Gasteiger charge is 2.38. The third-order valence-electron chi connectivity index (χ3n) is 7.24. The molecular formula is C28H33N3O3. The first kappa shape index (κ1) is 23.7. The number of carbonyl (C=O) groups is 3. The third kappa shape index (κ3) is 3.91. The topological polar surface area (TPSA) is 69.7 Å². The Hall–Kier alpha value is -3.41. The van der Waals surface area contributed by atoms with E-state index in [0.717, 1.165) is 40.1 Å². The summed E-state index contributed by atoms with van der Waals surface area (Å²) in [7, 11) is 0. The molecule has 0 aliphatic carbocycles. The molecule has 0 aromatic heterocycles. The molecule has 0 spiro atoms. The van der Waals surface area contributed by atoms with E-state index < -0.39 is 17.8 Å². The van der Waals surface area contributed by atoms with Gasteiger partial charge in [0.1, 0.15) is 5.57 Å². The molecule has 2 aromatic carbocycles. The first-order valence-electron chi connectivity index (χ1n) is 11.9. The second-order valence-corrected chi connectivity index (χ2v) is 10.2. The van der Waals surface area contributed by atoms with Gasteiger partial charge in [0.15, 0.2) is 0 Å². The molecule has 2 aliphatic rings. The largest absolute Gasteiger partial charge is 0.366 e. The Labute approximate surface area is 201 Å². The number of amides is 4. The summed E-state index contributed by atoms with van der Waals surface area (Å²) in [5.74, 6) is -0.940. The maximum absolute atomic E-state index is 13.4. The number of rotatable bonds is 3. The average Bonchev–Trinajstić information content (AvgIpc) is 2.73. The maximum Gasteiger partial charge on any atom is 0.335 e. The Kier molecular flexibility index (Phi) is 5.88. The SMILES string of the molecule is CCN1c2cc(C)c(/C=C3\C(=O)NC(=O)N(c4ccc(C)c(C)c4)C3=O)cc2C(C)CC1(C)C. The van der Waals surface area contributed by atoms with E-state index in [9.17, 15) is 14.4 Å². The van der Waals surface area contributed by atoms with Gasteiger partial charge in [-0.05, 0) is 112 Å². The number of urea groups is 1. The van der Waals surface area contributed by atoms with Gasteiger partial charge in [0.25, 0.3) is 11.8 Å². The highest BCUT2D eigenvalue weighted by atomic mass is 16.2. The van der Waals surface area contributed by atoms with E-state index in [-0.39, 0.29) is 11.1 Å². The minimum Gasteiger partial charge on any atom is -0.366 e. The van der Waals surface area contributed by atoms with Crippen LogP contribution in [0.5, 0.6) is 0 Å². The smallest absolute Gasteiger partial charge is 0.335 e. The number of aryl methyl sites for hydroxylation is 3. The Morgan fingerprint density at radius 3 is 2.38 bits per heavy atom. The van der Waals surface area contributed by atoms with E-state index in [1.807, 2.05) is 26.8 Å². The number of hydrogen-bond acceptors (Lipinski definition) is 4. The van der Waals surface area contributed by atoms with Crippen molar-refractivity contribution >= 4 is 35.3 Å². The van der Waals surface area contributed by atoms with E-state index in [2.05, 4.69) is 50.0 Å². The lowest BCUT2D eigenvalue weighted by atomic mass is 9.79. The number of anilines is 2. The molecular weight excluding hydrogens is 426 g/mol. The lowest BCUT2D eigenvalue weighted by Crippen LogP contribution is -2.54. The van der Waals surface area contributed by atoms with Crippen LogP contribution in [0.4, 0.5) is 16.2 Å². The van der Waals surface area contributed by atoms with Crippen LogP contribution in [0.2, 0.25) is 0 Å². The summed E-state index contributed by atoms with van der Waals surface area (Å²) in [4.78, 5) is 42.1. The highest BCUT2D eigenvalue weighted by Crippen LogP contribution is 2.44. The van der Waals surface area contributed by atoms with Crippen LogP contribution in [-0.4, -0.2) is 29.9 Å². The van der Waals surface area contributed by atoms with Gasteiger partial charge in [-0.3, -0.25) is 14.9 Å². The predicted molar refractivity (Wildman–Crippen MR) is 136 cm³/mol. The number of barbiturate groups is 1. The molecule has 34 heavy (non-hydrogen) atoms. The summed E-state index contributed by atoms with van der Waals surface area (Å²) in [6.07, 6.45) is 2.64. The van der Waals surface area contributed by atoms with Gasteiger partial charge in [0, 0.05) is 17.8 Å². The van der Waals surface area contributed by atoms with Crippen molar-refractivity contribution in [2.24, 2.45) is 0 Å². The van der Waals surface area contributed by atoms with Crippen molar-refractivity contribution in [2.75, 3.05) is 16.3 Å². The molecule has 0 radical (unpaired) electrons. The van der Waals surface area contributed by atoms with Crippen LogP contribution in [0.25, 0.3) is 6.08 Å². The van der Waals surface area contributed by atoms with Gasteiger partial charge in [0.05, 0.1) is 5.69 Å². The van der Waals surface area contributed by atoms with E-state index in [4.69, 9.17) is 0 Å². The zero-order valence-electron chi connectivity index (χ0n) is 21.1. The third-order valence-corrected chi connectivity index (χ3v) is 7.24. The summed E-state index contributed by atoms with van der Waals surface area (Å²) in [6.45, 7) is 15.7. The summed E-state index contributed by atoms with van der Waals surface area (Å²) >= 11 is 0. The fourth-order valence-corrected chi connectivity index (χ4v) is 5.32. The summed E-state index contributed by atoms with van der Waals surface area (Å²) < 4.78 is 0. The van der Waals surface area contributed by atoms with Crippen LogP contribution in [0.3, 0.4) is 0 Å². The zero-order chi connectivity index (χ0) is 24.9. The van der Waals surface area contributed by atoms with Crippen molar-refractivity contribution in [1.29, 1.82) is 0 Å². The van der Waals surface area contributed by atoms with Crippen LogP contribution in [-0.2, 0) is 9.59 Å².